The molecule has 0 aromatic carbocycles. The Balaban J connectivity index is 1.98. The molecule has 0 radical (unpaired) electrons. The zero-order chi connectivity index (χ0) is 7.73. The summed E-state index contributed by atoms with van der Waals surface area (Å²) in [4.78, 5) is 2.44. The summed E-state index contributed by atoms with van der Waals surface area (Å²) in [5.74, 6) is 0. The van der Waals surface area contributed by atoms with Crippen molar-refractivity contribution in [1.29, 1.82) is 0 Å². The van der Waals surface area contributed by atoms with Gasteiger partial charge in [-0.3, -0.25) is 0 Å². The number of likely N-dealkylation sites (tertiary alicyclic amines) is 1. The molecule has 2 aliphatic rings. The molecule has 0 amide bonds. The summed E-state index contributed by atoms with van der Waals surface area (Å²) in [6, 6.07) is 0. The molecule has 0 unspecified atom stereocenters. The number of likely N-dealkylation sites (N-methyl/N-ethyl adjacent to an activating group) is 1. The van der Waals surface area contributed by atoms with Crippen LogP contribution < -0.4 is 5.32 Å². The minimum absolute atomic E-state index is 0.521. The molecule has 2 saturated heterocycles. The standard InChI is InChI=1S/C9H18N2/c1-11-7-5-9(8-11)4-2-3-6-10-9/h10H,2-8H2,1H3/t9-/m1/s1. The number of hydrogen-bond acceptors (Lipinski definition) is 2. The van der Waals surface area contributed by atoms with Crippen molar-refractivity contribution in [3.63, 3.8) is 0 Å². The summed E-state index contributed by atoms with van der Waals surface area (Å²) in [6.45, 7) is 3.80. The smallest absolute Gasteiger partial charge is 0.0320 e. The SMILES string of the molecule is CN1CC[C@]2(CCCCN2)C1. The first kappa shape index (κ1) is 7.56. The Morgan fingerprint density at radius 3 is 2.73 bits per heavy atom. The van der Waals surface area contributed by atoms with Crippen LogP contribution in [0.15, 0.2) is 0 Å². The highest BCUT2D eigenvalue weighted by atomic mass is 15.2. The molecule has 1 atom stereocenters. The summed E-state index contributed by atoms with van der Waals surface area (Å²) >= 11 is 0. The molecule has 0 saturated carbocycles. The summed E-state index contributed by atoms with van der Waals surface area (Å²) in [5, 5.41) is 3.68. The van der Waals surface area contributed by atoms with Gasteiger partial charge in [-0.05, 0) is 39.4 Å². The van der Waals surface area contributed by atoms with E-state index >= 15 is 0 Å². The van der Waals surface area contributed by atoms with E-state index in [-0.39, 0.29) is 0 Å². The van der Waals surface area contributed by atoms with Gasteiger partial charge in [0.2, 0.25) is 0 Å². The molecule has 2 heterocycles. The van der Waals surface area contributed by atoms with Gasteiger partial charge in [0.05, 0.1) is 0 Å². The number of rotatable bonds is 0. The molecule has 2 rings (SSSR count). The fourth-order valence-corrected chi connectivity index (χ4v) is 2.46. The third-order valence-electron chi connectivity index (χ3n) is 3.13. The average molecular weight is 154 g/mol. The van der Waals surface area contributed by atoms with Crippen LogP contribution in [0, 0.1) is 0 Å². The van der Waals surface area contributed by atoms with E-state index in [4.69, 9.17) is 0 Å². The molecule has 2 heteroatoms. The molecule has 2 aliphatic heterocycles. The van der Waals surface area contributed by atoms with Crippen molar-refractivity contribution in [3.05, 3.63) is 0 Å². The Morgan fingerprint density at radius 2 is 2.18 bits per heavy atom. The first-order chi connectivity index (χ1) is 5.31. The number of piperidine rings is 1. The Morgan fingerprint density at radius 1 is 1.27 bits per heavy atom. The second-order valence-electron chi connectivity index (χ2n) is 4.15. The Hall–Kier alpha value is -0.0800. The second-order valence-corrected chi connectivity index (χ2v) is 4.15. The lowest BCUT2D eigenvalue weighted by Gasteiger charge is -2.34. The molecular formula is C9H18N2. The lowest BCUT2D eigenvalue weighted by Crippen LogP contribution is -2.50. The largest absolute Gasteiger partial charge is 0.310 e. The third kappa shape index (κ3) is 1.42. The molecule has 0 bridgehead atoms. The van der Waals surface area contributed by atoms with Gasteiger partial charge in [-0.1, -0.05) is 6.42 Å². The van der Waals surface area contributed by atoms with E-state index in [0.717, 1.165) is 0 Å². The average Bonchev–Trinajstić information content (AvgIpc) is 2.34. The Kier molecular flexibility index (Phi) is 1.90. The highest BCUT2D eigenvalue weighted by Gasteiger charge is 2.36. The molecule has 0 aromatic rings. The topological polar surface area (TPSA) is 15.3 Å². The molecule has 2 fully saturated rings. The van der Waals surface area contributed by atoms with E-state index in [0.29, 0.717) is 5.54 Å². The van der Waals surface area contributed by atoms with Crippen molar-refractivity contribution in [3.8, 4) is 0 Å². The van der Waals surface area contributed by atoms with Gasteiger partial charge < -0.3 is 10.2 Å². The molecular weight excluding hydrogens is 136 g/mol. The first-order valence-corrected chi connectivity index (χ1v) is 4.74. The van der Waals surface area contributed by atoms with Crippen LogP contribution in [0.4, 0.5) is 0 Å². The summed E-state index contributed by atoms with van der Waals surface area (Å²) < 4.78 is 0. The lowest BCUT2D eigenvalue weighted by molar-refractivity contribution is 0.253. The number of nitrogens with one attached hydrogen (secondary N) is 1. The van der Waals surface area contributed by atoms with Crippen molar-refractivity contribution >= 4 is 0 Å². The molecule has 0 aliphatic carbocycles. The van der Waals surface area contributed by atoms with E-state index in [1.165, 1.54) is 45.3 Å². The van der Waals surface area contributed by atoms with Crippen molar-refractivity contribution in [2.75, 3.05) is 26.7 Å². The zero-order valence-electron chi connectivity index (χ0n) is 7.40. The molecule has 1 spiro atoms. The Labute approximate surface area is 69.0 Å². The lowest BCUT2D eigenvalue weighted by atomic mass is 9.88. The van der Waals surface area contributed by atoms with E-state index in [9.17, 15) is 0 Å². The molecule has 0 aromatic heterocycles. The third-order valence-corrected chi connectivity index (χ3v) is 3.13. The van der Waals surface area contributed by atoms with Crippen molar-refractivity contribution < 1.29 is 0 Å². The molecule has 1 N–H and O–H groups in total. The van der Waals surface area contributed by atoms with Gasteiger partial charge in [0, 0.05) is 12.1 Å². The highest BCUT2D eigenvalue weighted by Crippen LogP contribution is 2.28. The molecule has 2 nitrogen and oxygen atoms in total. The summed E-state index contributed by atoms with van der Waals surface area (Å²) in [6.07, 6.45) is 5.58. The van der Waals surface area contributed by atoms with Crippen LogP contribution in [0.25, 0.3) is 0 Å². The van der Waals surface area contributed by atoms with E-state index < -0.39 is 0 Å². The maximum Gasteiger partial charge on any atom is 0.0320 e. The van der Waals surface area contributed by atoms with Gasteiger partial charge >= 0.3 is 0 Å². The van der Waals surface area contributed by atoms with Gasteiger partial charge in [-0.2, -0.15) is 0 Å². The normalized spacial score (nSPS) is 40.1. The monoisotopic (exact) mass is 154 g/mol. The zero-order valence-corrected chi connectivity index (χ0v) is 7.40. The maximum absolute atomic E-state index is 3.68. The fraction of sp³-hybridized carbons (Fsp3) is 1.00. The Bertz CT molecular complexity index is 133. The van der Waals surface area contributed by atoms with Crippen LogP contribution in [-0.4, -0.2) is 37.1 Å². The van der Waals surface area contributed by atoms with Crippen molar-refractivity contribution in [1.82, 2.24) is 10.2 Å². The van der Waals surface area contributed by atoms with Gasteiger partial charge in [0.15, 0.2) is 0 Å². The summed E-state index contributed by atoms with van der Waals surface area (Å²) in [5.41, 5.74) is 0.521. The van der Waals surface area contributed by atoms with Gasteiger partial charge in [-0.25, -0.2) is 0 Å². The fourth-order valence-electron chi connectivity index (χ4n) is 2.46. The minimum Gasteiger partial charge on any atom is -0.310 e. The van der Waals surface area contributed by atoms with Crippen LogP contribution >= 0.6 is 0 Å². The van der Waals surface area contributed by atoms with Gasteiger partial charge in [-0.15, -0.1) is 0 Å². The van der Waals surface area contributed by atoms with E-state index in [1.807, 2.05) is 0 Å². The van der Waals surface area contributed by atoms with Crippen molar-refractivity contribution in [2.24, 2.45) is 0 Å². The van der Waals surface area contributed by atoms with Crippen LogP contribution in [0.2, 0.25) is 0 Å². The number of nitrogens with zero attached hydrogens (tertiary/aromatic N) is 1. The van der Waals surface area contributed by atoms with Crippen LogP contribution in [0.5, 0.6) is 0 Å². The van der Waals surface area contributed by atoms with Crippen LogP contribution in [0.3, 0.4) is 0 Å². The first-order valence-electron chi connectivity index (χ1n) is 4.74. The quantitative estimate of drug-likeness (QED) is 0.556. The van der Waals surface area contributed by atoms with Gasteiger partial charge in [0.1, 0.15) is 0 Å². The highest BCUT2D eigenvalue weighted by molar-refractivity contribution is 4.97. The van der Waals surface area contributed by atoms with E-state index in [2.05, 4.69) is 17.3 Å². The second kappa shape index (κ2) is 2.76. The molecule has 64 valence electrons. The van der Waals surface area contributed by atoms with Crippen LogP contribution in [0.1, 0.15) is 25.7 Å². The predicted molar refractivity (Wildman–Crippen MR) is 46.7 cm³/mol. The maximum atomic E-state index is 3.68. The number of hydrogen-bond donors (Lipinski definition) is 1. The van der Waals surface area contributed by atoms with Gasteiger partial charge in [0.25, 0.3) is 0 Å². The van der Waals surface area contributed by atoms with E-state index in [1.54, 1.807) is 0 Å². The molecule has 11 heavy (non-hydrogen) atoms. The predicted octanol–water partition coefficient (Wildman–Crippen LogP) is 0.834. The summed E-state index contributed by atoms with van der Waals surface area (Å²) in [7, 11) is 2.23. The van der Waals surface area contributed by atoms with Crippen molar-refractivity contribution in [2.45, 2.75) is 31.2 Å². The minimum atomic E-state index is 0.521. The van der Waals surface area contributed by atoms with Crippen LogP contribution in [-0.2, 0) is 0 Å².